The zero-order chi connectivity index (χ0) is 15.4. The van der Waals surface area contributed by atoms with Gasteiger partial charge in [-0.15, -0.1) is 0 Å². The van der Waals surface area contributed by atoms with Crippen molar-refractivity contribution in [2.75, 3.05) is 19.6 Å². The van der Waals surface area contributed by atoms with E-state index < -0.39 is 4.92 Å². The first-order chi connectivity index (χ1) is 10.0. The Morgan fingerprint density at radius 2 is 2.33 bits per heavy atom. The van der Waals surface area contributed by atoms with Crippen LogP contribution < -0.4 is 5.32 Å². The highest BCUT2D eigenvalue weighted by Gasteiger charge is 2.23. The van der Waals surface area contributed by atoms with Gasteiger partial charge in [0.1, 0.15) is 5.02 Å². The van der Waals surface area contributed by atoms with Crippen LogP contribution >= 0.6 is 11.6 Å². The summed E-state index contributed by atoms with van der Waals surface area (Å²) in [4.78, 5) is 24.7. The zero-order valence-corrected chi connectivity index (χ0v) is 12.6. The predicted molar refractivity (Wildman–Crippen MR) is 80.7 cm³/mol. The van der Waals surface area contributed by atoms with Crippen LogP contribution in [-0.2, 0) is 0 Å². The number of amides is 1. The minimum Gasteiger partial charge on any atom is -0.350 e. The van der Waals surface area contributed by atoms with Crippen LogP contribution in [0.2, 0.25) is 5.02 Å². The average molecular weight is 312 g/mol. The number of nitro groups is 1. The summed E-state index contributed by atoms with van der Waals surface area (Å²) in [7, 11) is 0. The summed E-state index contributed by atoms with van der Waals surface area (Å²) in [5.74, 6) is -0.308. The van der Waals surface area contributed by atoms with E-state index in [-0.39, 0.29) is 22.2 Å². The molecule has 0 radical (unpaired) electrons. The van der Waals surface area contributed by atoms with Gasteiger partial charge in [-0.05, 0) is 38.1 Å². The SMILES string of the molecule is CCN1CCC[C@H]1CNC(=O)c1ccc(Cl)c([N+](=O)[O-])c1. The maximum absolute atomic E-state index is 12.1. The van der Waals surface area contributed by atoms with Crippen molar-refractivity contribution in [2.45, 2.75) is 25.8 Å². The number of likely N-dealkylation sites (tertiary alicyclic amines) is 1. The lowest BCUT2D eigenvalue weighted by atomic mass is 10.1. The second-order valence-corrected chi connectivity index (χ2v) is 5.47. The van der Waals surface area contributed by atoms with E-state index in [9.17, 15) is 14.9 Å². The normalized spacial score (nSPS) is 18.7. The molecule has 1 N–H and O–H groups in total. The summed E-state index contributed by atoms with van der Waals surface area (Å²) >= 11 is 5.73. The number of nitrogens with one attached hydrogen (secondary N) is 1. The Balaban J connectivity index is 2.00. The molecule has 1 aliphatic heterocycles. The van der Waals surface area contributed by atoms with Gasteiger partial charge < -0.3 is 5.32 Å². The molecule has 1 amide bonds. The van der Waals surface area contributed by atoms with E-state index in [1.54, 1.807) is 0 Å². The number of halogens is 1. The summed E-state index contributed by atoms with van der Waals surface area (Å²) in [5.41, 5.74) is 0.00696. The first-order valence-electron chi connectivity index (χ1n) is 6.99. The molecule has 0 aromatic heterocycles. The number of carbonyl (C=O) groups is 1. The molecule has 6 nitrogen and oxygen atoms in total. The van der Waals surface area contributed by atoms with Crippen LogP contribution in [-0.4, -0.2) is 41.4 Å². The summed E-state index contributed by atoms with van der Waals surface area (Å²) in [6.45, 7) is 4.68. The van der Waals surface area contributed by atoms with Crippen LogP contribution in [0.15, 0.2) is 18.2 Å². The molecule has 0 aliphatic carbocycles. The van der Waals surface area contributed by atoms with Gasteiger partial charge >= 0.3 is 0 Å². The maximum atomic E-state index is 12.1. The molecule has 1 aliphatic rings. The van der Waals surface area contributed by atoms with Crippen LogP contribution in [0, 0.1) is 10.1 Å². The van der Waals surface area contributed by atoms with Gasteiger partial charge in [-0.3, -0.25) is 19.8 Å². The smallest absolute Gasteiger partial charge is 0.288 e. The summed E-state index contributed by atoms with van der Waals surface area (Å²) in [5, 5.41) is 13.7. The van der Waals surface area contributed by atoms with Crippen molar-refractivity contribution in [1.82, 2.24) is 10.2 Å². The van der Waals surface area contributed by atoms with E-state index in [4.69, 9.17) is 11.6 Å². The summed E-state index contributed by atoms with van der Waals surface area (Å²) in [6, 6.07) is 4.43. The van der Waals surface area contributed by atoms with Crippen molar-refractivity contribution >= 4 is 23.2 Å². The second-order valence-electron chi connectivity index (χ2n) is 5.06. The van der Waals surface area contributed by atoms with Crippen LogP contribution in [0.5, 0.6) is 0 Å². The molecule has 7 heteroatoms. The van der Waals surface area contributed by atoms with E-state index in [0.29, 0.717) is 12.6 Å². The molecule has 1 aromatic carbocycles. The lowest BCUT2D eigenvalue weighted by molar-refractivity contribution is -0.384. The van der Waals surface area contributed by atoms with Crippen LogP contribution in [0.25, 0.3) is 0 Å². The Morgan fingerprint density at radius 1 is 1.57 bits per heavy atom. The number of likely N-dealkylation sites (N-methyl/N-ethyl adjacent to an activating group) is 1. The molecule has 21 heavy (non-hydrogen) atoms. The highest BCUT2D eigenvalue weighted by Crippen LogP contribution is 2.25. The van der Waals surface area contributed by atoms with Gasteiger partial charge in [-0.1, -0.05) is 18.5 Å². The predicted octanol–water partition coefficient (Wildman–Crippen LogP) is 2.46. The fourth-order valence-electron chi connectivity index (χ4n) is 2.65. The number of hydrogen-bond donors (Lipinski definition) is 1. The topological polar surface area (TPSA) is 75.5 Å². The lowest BCUT2D eigenvalue weighted by Crippen LogP contribution is -2.40. The van der Waals surface area contributed by atoms with Crippen LogP contribution in [0.1, 0.15) is 30.1 Å². The number of nitrogens with zero attached hydrogens (tertiary/aromatic N) is 2. The van der Waals surface area contributed by atoms with Gasteiger partial charge in [0.25, 0.3) is 11.6 Å². The standard InChI is InChI=1S/C14H18ClN3O3/c1-2-17-7-3-4-11(17)9-16-14(19)10-5-6-12(15)13(8-10)18(20)21/h5-6,8,11H,2-4,7,9H2,1H3,(H,16,19)/t11-/m0/s1. The van der Waals surface area contributed by atoms with Gasteiger partial charge in [-0.2, -0.15) is 0 Å². The maximum Gasteiger partial charge on any atom is 0.288 e. The highest BCUT2D eigenvalue weighted by atomic mass is 35.5. The Bertz CT molecular complexity index is 550. The molecule has 1 atom stereocenters. The fourth-order valence-corrected chi connectivity index (χ4v) is 2.84. The van der Waals surface area contributed by atoms with Crippen LogP contribution in [0.3, 0.4) is 0 Å². The van der Waals surface area contributed by atoms with Gasteiger partial charge in [0.15, 0.2) is 0 Å². The average Bonchev–Trinajstić information content (AvgIpc) is 2.92. The Kier molecular flexibility index (Phi) is 5.14. The minimum absolute atomic E-state index is 0.0319. The van der Waals surface area contributed by atoms with Gasteiger partial charge in [-0.25, -0.2) is 0 Å². The van der Waals surface area contributed by atoms with Crippen molar-refractivity contribution in [2.24, 2.45) is 0 Å². The lowest BCUT2D eigenvalue weighted by Gasteiger charge is -2.22. The highest BCUT2D eigenvalue weighted by molar-refractivity contribution is 6.32. The van der Waals surface area contributed by atoms with E-state index in [0.717, 1.165) is 25.9 Å². The molecule has 2 rings (SSSR count). The number of hydrogen-bond acceptors (Lipinski definition) is 4. The second kappa shape index (κ2) is 6.87. The zero-order valence-electron chi connectivity index (χ0n) is 11.8. The fraction of sp³-hybridized carbons (Fsp3) is 0.500. The van der Waals surface area contributed by atoms with E-state index in [2.05, 4.69) is 17.1 Å². The van der Waals surface area contributed by atoms with Gasteiger partial charge in [0, 0.05) is 24.2 Å². The first kappa shape index (κ1) is 15.7. The van der Waals surface area contributed by atoms with Gasteiger partial charge in [0.2, 0.25) is 0 Å². The van der Waals surface area contributed by atoms with E-state index in [1.165, 1.54) is 18.2 Å². The van der Waals surface area contributed by atoms with E-state index >= 15 is 0 Å². The molecule has 1 aromatic rings. The van der Waals surface area contributed by atoms with Crippen molar-refractivity contribution in [3.05, 3.63) is 38.9 Å². The summed E-state index contributed by atoms with van der Waals surface area (Å²) < 4.78 is 0. The van der Waals surface area contributed by atoms with Crippen molar-refractivity contribution in [3.63, 3.8) is 0 Å². The quantitative estimate of drug-likeness (QED) is 0.669. The molecule has 1 heterocycles. The number of carbonyl (C=O) groups excluding carboxylic acids is 1. The third-order valence-corrected chi connectivity index (χ3v) is 4.13. The Labute approximate surface area is 128 Å². The number of benzene rings is 1. The molecular formula is C14H18ClN3O3. The largest absolute Gasteiger partial charge is 0.350 e. The van der Waals surface area contributed by atoms with E-state index in [1.807, 2.05) is 0 Å². The van der Waals surface area contributed by atoms with Crippen molar-refractivity contribution in [1.29, 1.82) is 0 Å². The molecule has 1 fully saturated rings. The number of nitro benzene ring substituents is 1. The molecule has 0 bridgehead atoms. The monoisotopic (exact) mass is 311 g/mol. The Hall–Kier alpha value is -1.66. The van der Waals surface area contributed by atoms with Crippen molar-refractivity contribution in [3.8, 4) is 0 Å². The number of rotatable bonds is 5. The minimum atomic E-state index is -0.588. The van der Waals surface area contributed by atoms with Gasteiger partial charge in [0.05, 0.1) is 4.92 Å². The Morgan fingerprint density at radius 3 is 3.00 bits per heavy atom. The summed E-state index contributed by atoms with van der Waals surface area (Å²) in [6.07, 6.45) is 2.20. The molecule has 0 saturated carbocycles. The third kappa shape index (κ3) is 3.71. The molecule has 1 saturated heterocycles. The molecular weight excluding hydrogens is 294 g/mol. The van der Waals surface area contributed by atoms with Crippen molar-refractivity contribution < 1.29 is 9.72 Å². The van der Waals surface area contributed by atoms with Crippen LogP contribution in [0.4, 0.5) is 5.69 Å². The molecule has 0 spiro atoms. The first-order valence-corrected chi connectivity index (χ1v) is 7.37. The third-order valence-electron chi connectivity index (χ3n) is 3.81. The molecule has 114 valence electrons. The molecule has 0 unspecified atom stereocenters.